The topological polar surface area (TPSA) is 93.2 Å². The molecule has 0 bridgehead atoms. The van der Waals surface area contributed by atoms with E-state index in [4.69, 9.17) is 9.47 Å². The molecule has 2 fully saturated rings. The third-order valence-corrected chi connectivity index (χ3v) is 6.13. The lowest BCUT2D eigenvalue weighted by molar-refractivity contribution is -0.139. The lowest BCUT2D eigenvalue weighted by Crippen LogP contribution is -2.46. The number of hydrogen-bond acceptors (Lipinski definition) is 7. The van der Waals surface area contributed by atoms with Crippen molar-refractivity contribution < 1.29 is 28.7 Å². The highest BCUT2D eigenvalue weighted by Crippen LogP contribution is 2.34. The van der Waals surface area contributed by atoms with E-state index in [0.29, 0.717) is 37.4 Å². The Hall–Kier alpha value is -3.43. The molecule has 170 valence electrons. The van der Waals surface area contributed by atoms with Crippen LogP contribution in [0.2, 0.25) is 0 Å². The minimum Gasteiger partial charge on any atom is -0.422 e. The predicted octanol–water partition coefficient (Wildman–Crippen LogP) is 3.11. The molecule has 0 unspecified atom stereocenters. The Balaban J connectivity index is 1.49. The Morgan fingerprint density at radius 3 is 2.48 bits per heavy atom. The zero-order valence-electron chi connectivity index (χ0n) is 18.0. The Morgan fingerprint density at radius 1 is 1.06 bits per heavy atom. The number of ether oxygens (including phenoxy) is 2. The second-order valence-corrected chi connectivity index (χ2v) is 8.55. The van der Waals surface area contributed by atoms with Crippen molar-refractivity contribution in [3.63, 3.8) is 0 Å². The quantitative estimate of drug-likeness (QED) is 0.380. The van der Waals surface area contributed by atoms with Gasteiger partial charge in [-0.1, -0.05) is 35.9 Å². The third-order valence-electron chi connectivity index (χ3n) is 5.23. The van der Waals surface area contributed by atoms with E-state index >= 15 is 0 Å². The molecule has 0 aromatic heterocycles. The summed E-state index contributed by atoms with van der Waals surface area (Å²) in [5.41, 5.74) is 1.90. The molecule has 0 N–H and O–H groups in total. The van der Waals surface area contributed by atoms with Crippen LogP contribution in [-0.4, -0.2) is 65.7 Å². The SMILES string of the molecule is Cc1ccc(C(=O)Oc2ccccc2/C=C2\SC(=O)N(CC(=O)N3CCOCC3)C2=O)cc1. The number of amides is 3. The van der Waals surface area contributed by atoms with Crippen LogP contribution in [0.25, 0.3) is 6.08 Å². The van der Waals surface area contributed by atoms with Gasteiger partial charge in [-0.05, 0) is 43.0 Å². The molecule has 2 saturated heterocycles. The summed E-state index contributed by atoms with van der Waals surface area (Å²) in [4.78, 5) is 52.9. The Morgan fingerprint density at radius 2 is 1.76 bits per heavy atom. The van der Waals surface area contributed by atoms with Gasteiger partial charge in [-0.25, -0.2) is 4.79 Å². The Bertz CT molecular complexity index is 1120. The molecule has 0 spiro atoms. The number of rotatable bonds is 5. The van der Waals surface area contributed by atoms with Crippen LogP contribution in [0.5, 0.6) is 5.75 Å². The van der Waals surface area contributed by atoms with Gasteiger partial charge in [0.2, 0.25) is 5.91 Å². The molecule has 4 rings (SSSR count). The van der Waals surface area contributed by atoms with Crippen LogP contribution in [0.1, 0.15) is 21.5 Å². The first-order chi connectivity index (χ1) is 15.9. The number of thioether (sulfide) groups is 1. The zero-order chi connectivity index (χ0) is 23.4. The molecule has 0 radical (unpaired) electrons. The van der Waals surface area contributed by atoms with Gasteiger partial charge in [-0.15, -0.1) is 0 Å². The number of aryl methyl sites for hydroxylation is 1. The fourth-order valence-corrected chi connectivity index (χ4v) is 4.20. The van der Waals surface area contributed by atoms with Crippen molar-refractivity contribution >= 4 is 40.9 Å². The van der Waals surface area contributed by atoms with E-state index in [1.807, 2.05) is 19.1 Å². The number of imide groups is 1. The second kappa shape index (κ2) is 10.0. The number of para-hydroxylation sites is 1. The van der Waals surface area contributed by atoms with Gasteiger partial charge in [0.1, 0.15) is 12.3 Å². The standard InChI is InChI=1S/C24H22N2O6S/c1-16-6-8-17(9-7-16)23(29)32-19-5-3-2-4-18(19)14-20-22(28)26(24(30)33-20)15-21(27)25-10-12-31-13-11-25/h2-9,14H,10-13,15H2,1H3/b20-14-. The van der Waals surface area contributed by atoms with Crippen molar-refractivity contribution in [2.45, 2.75) is 6.92 Å². The van der Waals surface area contributed by atoms with Crippen LogP contribution in [0.4, 0.5) is 4.79 Å². The summed E-state index contributed by atoms with van der Waals surface area (Å²) in [7, 11) is 0. The highest BCUT2D eigenvalue weighted by Gasteiger charge is 2.37. The molecule has 2 aromatic carbocycles. The summed E-state index contributed by atoms with van der Waals surface area (Å²) in [6.07, 6.45) is 1.50. The maximum absolute atomic E-state index is 12.8. The van der Waals surface area contributed by atoms with Gasteiger partial charge in [0.15, 0.2) is 0 Å². The third kappa shape index (κ3) is 5.32. The average molecular weight is 467 g/mol. The van der Waals surface area contributed by atoms with Crippen molar-refractivity contribution in [1.29, 1.82) is 0 Å². The molecular formula is C24H22N2O6S. The van der Waals surface area contributed by atoms with Crippen molar-refractivity contribution in [1.82, 2.24) is 9.80 Å². The first-order valence-electron chi connectivity index (χ1n) is 10.4. The van der Waals surface area contributed by atoms with Gasteiger partial charge < -0.3 is 14.4 Å². The second-order valence-electron chi connectivity index (χ2n) is 7.55. The molecule has 0 saturated carbocycles. The van der Waals surface area contributed by atoms with E-state index in [1.165, 1.54) is 6.08 Å². The number of esters is 1. The predicted molar refractivity (Wildman–Crippen MR) is 123 cm³/mol. The molecule has 2 heterocycles. The van der Waals surface area contributed by atoms with Crippen LogP contribution in [0.3, 0.4) is 0 Å². The van der Waals surface area contributed by atoms with Gasteiger partial charge >= 0.3 is 5.97 Å². The van der Waals surface area contributed by atoms with E-state index in [9.17, 15) is 19.2 Å². The van der Waals surface area contributed by atoms with Gasteiger partial charge in [-0.2, -0.15) is 0 Å². The van der Waals surface area contributed by atoms with E-state index in [-0.39, 0.29) is 23.1 Å². The normalized spacial score (nSPS) is 17.5. The Kier molecular flexibility index (Phi) is 6.90. The van der Waals surface area contributed by atoms with Crippen LogP contribution >= 0.6 is 11.8 Å². The minimum atomic E-state index is -0.550. The van der Waals surface area contributed by atoms with E-state index < -0.39 is 17.1 Å². The first kappa shape index (κ1) is 22.8. The van der Waals surface area contributed by atoms with Crippen molar-refractivity contribution in [3.05, 3.63) is 70.1 Å². The fraction of sp³-hybridized carbons (Fsp3) is 0.250. The number of benzene rings is 2. The van der Waals surface area contributed by atoms with Crippen LogP contribution < -0.4 is 4.74 Å². The van der Waals surface area contributed by atoms with Crippen molar-refractivity contribution in [2.24, 2.45) is 0 Å². The summed E-state index contributed by atoms with van der Waals surface area (Å²) >= 11 is 0.753. The van der Waals surface area contributed by atoms with Gasteiger partial charge in [-0.3, -0.25) is 19.3 Å². The molecule has 2 aliphatic rings. The molecule has 33 heavy (non-hydrogen) atoms. The maximum Gasteiger partial charge on any atom is 0.343 e. The summed E-state index contributed by atoms with van der Waals surface area (Å²) in [6, 6.07) is 13.7. The van der Waals surface area contributed by atoms with E-state index in [0.717, 1.165) is 22.2 Å². The molecule has 0 aliphatic carbocycles. The molecular weight excluding hydrogens is 444 g/mol. The highest BCUT2D eigenvalue weighted by atomic mass is 32.2. The summed E-state index contributed by atoms with van der Waals surface area (Å²) in [6.45, 7) is 3.35. The molecule has 0 atom stereocenters. The number of hydrogen-bond donors (Lipinski definition) is 0. The molecule has 3 amide bonds. The average Bonchev–Trinajstić information content (AvgIpc) is 3.08. The summed E-state index contributed by atoms with van der Waals surface area (Å²) in [5, 5.41) is -0.512. The number of nitrogens with zero attached hydrogens (tertiary/aromatic N) is 2. The highest BCUT2D eigenvalue weighted by molar-refractivity contribution is 8.18. The van der Waals surface area contributed by atoms with E-state index in [2.05, 4.69) is 0 Å². The zero-order valence-corrected chi connectivity index (χ0v) is 18.8. The number of carbonyl (C=O) groups excluding carboxylic acids is 4. The van der Waals surface area contributed by atoms with E-state index in [1.54, 1.807) is 41.3 Å². The smallest absolute Gasteiger partial charge is 0.343 e. The minimum absolute atomic E-state index is 0.161. The van der Waals surface area contributed by atoms with Crippen LogP contribution in [-0.2, 0) is 14.3 Å². The summed E-state index contributed by atoms with van der Waals surface area (Å²) < 4.78 is 10.8. The fourth-order valence-electron chi connectivity index (χ4n) is 3.37. The molecule has 2 aliphatic heterocycles. The lowest BCUT2D eigenvalue weighted by atomic mass is 10.1. The molecule has 2 aromatic rings. The first-order valence-corrected chi connectivity index (χ1v) is 11.2. The largest absolute Gasteiger partial charge is 0.422 e. The number of morpholine rings is 1. The van der Waals surface area contributed by atoms with Gasteiger partial charge in [0, 0.05) is 18.7 Å². The monoisotopic (exact) mass is 466 g/mol. The summed E-state index contributed by atoms with van der Waals surface area (Å²) in [5.74, 6) is -1.11. The van der Waals surface area contributed by atoms with Crippen molar-refractivity contribution in [2.75, 3.05) is 32.8 Å². The lowest BCUT2D eigenvalue weighted by Gasteiger charge is -2.28. The maximum atomic E-state index is 12.8. The van der Waals surface area contributed by atoms with Crippen molar-refractivity contribution in [3.8, 4) is 5.75 Å². The molecule has 9 heteroatoms. The van der Waals surface area contributed by atoms with Gasteiger partial charge in [0.05, 0.1) is 23.7 Å². The number of carbonyl (C=O) groups is 4. The van der Waals surface area contributed by atoms with Gasteiger partial charge in [0.25, 0.3) is 11.1 Å². The molecule has 8 nitrogen and oxygen atoms in total. The Labute approximate surface area is 195 Å². The van der Waals surface area contributed by atoms with Crippen LogP contribution in [0, 0.1) is 6.92 Å². The van der Waals surface area contributed by atoms with Crippen LogP contribution in [0.15, 0.2) is 53.4 Å².